The quantitative estimate of drug-likeness (QED) is 0.779. The highest BCUT2D eigenvalue weighted by atomic mass is 35.5. The molecule has 0 radical (unpaired) electrons. The highest BCUT2D eigenvalue weighted by Crippen LogP contribution is 2.26. The van der Waals surface area contributed by atoms with Crippen LogP contribution < -0.4 is 15.0 Å². The summed E-state index contributed by atoms with van der Waals surface area (Å²) in [5, 5.41) is 3.46. The lowest BCUT2D eigenvalue weighted by Crippen LogP contribution is -2.34. The summed E-state index contributed by atoms with van der Waals surface area (Å²) in [6.07, 6.45) is 2.56. The van der Waals surface area contributed by atoms with Gasteiger partial charge >= 0.3 is 0 Å². The minimum atomic E-state index is -0.152. The Bertz CT molecular complexity index is 791. The van der Waals surface area contributed by atoms with Gasteiger partial charge in [0.2, 0.25) is 0 Å². The molecular weight excluding hydrogens is 360 g/mol. The lowest BCUT2D eigenvalue weighted by atomic mass is 9.99. The lowest BCUT2D eigenvalue weighted by Gasteiger charge is -2.33. The number of benzene rings is 2. The first-order valence-corrected chi connectivity index (χ1v) is 9.85. The van der Waals surface area contributed by atoms with Gasteiger partial charge in [-0.3, -0.25) is 4.79 Å². The number of nitrogens with zero attached hydrogens (tertiary/aromatic N) is 1. The highest BCUT2D eigenvalue weighted by Gasteiger charge is 2.17. The number of hydrogen-bond donors (Lipinski definition) is 1. The largest absolute Gasteiger partial charge is 0.495 e. The van der Waals surface area contributed by atoms with Crippen LogP contribution in [0.1, 0.15) is 48.7 Å². The Balaban J connectivity index is 1.64. The number of methoxy groups -OCH3 is 1. The van der Waals surface area contributed by atoms with Crippen molar-refractivity contribution in [2.75, 3.05) is 25.1 Å². The van der Waals surface area contributed by atoms with Gasteiger partial charge in [0.1, 0.15) is 5.75 Å². The maximum Gasteiger partial charge on any atom is 0.251 e. The van der Waals surface area contributed by atoms with Crippen LogP contribution in [0.15, 0.2) is 42.5 Å². The summed E-state index contributed by atoms with van der Waals surface area (Å²) in [6.45, 7) is 6.53. The molecule has 144 valence electrons. The van der Waals surface area contributed by atoms with Gasteiger partial charge in [0, 0.05) is 24.3 Å². The number of hydrogen-bond acceptors (Lipinski definition) is 3. The zero-order valence-electron chi connectivity index (χ0n) is 16.2. The SMILES string of the molecule is COc1ccc(C(=O)NC(C)c2ccc(N3CCCC(C)C3)cc2)cc1Cl. The molecule has 1 fully saturated rings. The van der Waals surface area contributed by atoms with E-state index in [4.69, 9.17) is 16.3 Å². The van der Waals surface area contributed by atoms with Crippen molar-refractivity contribution in [2.24, 2.45) is 5.92 Å². The molecule has 2 aromatic carbocycles. The Morgan fingerprint density at radius 3 is 2.63 bits per heavy atom. The summed E-state index contributed by atoms with van der Waals surface area (Å²) in [5.41, 5.74) is 2.86. The molecule has 0 aliphatic carbocycles. The summed E-state index contributed by atoms with van der Waals surface area (Å²) in [7, 11) is 1.55. The van der Waals surface area contributed by atoms with E-state index in [1.54, 1.807) is 25.3 Å². The number of carbonyl (C=O) groups is 1. The van der Waals surface area contributed by atoms with Crippen molar-refractivity contribution in [3.63, 3.8) is 0 Å². The fourth-order valence-corrected chi connectivity index (χ4v) is 3.83. The molecule has 3 rings (SSSR count). The van der Waals surface area contributed by atoms with E-state index in [0.717, 1.165) is 24.6 Å². The molecule has 1 N–H and O–H groups in total. The van der Waals surface area contributed by atoms with Crippen LogP contribution in [-0.2, 0) is 0 Å². The number of rotatable bonds is 5. The van der Waals surface area contributed by atoms with Crippen molar-refractivity contribution in [2.45, 2.75) is 32.7 Å². The standard InChI is InChI=1S/C22H27ClN2O2/c1-15-5-4-12-25(14-15)19-9-6-17(7-10-19)16(2)24-22(26)18-8-11-21(27-3)20(23)13-18/h6-11,13,15-16H,4-5,12,14H2,1-3H3,(H,24,26). The van der Waals surface area contributed by atoms with Gasteiger partial charge in [-0.1, -0.05) is 30.7 Å². The average molecular weight is 387 g/mol. The van der Waals surface area contributed by atoms with Crippen LogP contribution in [0.4, 0.5) is 5.69 Å². The fourth-order valence-electron chi connectivity index (χ4n) is 3.57. The molecule has 1 heterocycles. The van der Waals surface area contributed by atoms with Crippen LogP contribution in [0.5, 0.6) is 5.75 Å². The maximum atomic E-state index is 12.5. The lowest BCUT2D eigenvalue weighted by molar-refractivity contribution is 0.0940. The zero-order valence-corrected chi connectivity index (χ0v) is 16.9. The fraction of sp³-hybridized carbons (Fsp3) is 0.409. The molecule has 0 spiro atoms. The summed E-state index contributed by atoms with van der Waals surface area (Å²) >= 11 is 6.12. The third-order valence-corrected chi connectivity index (χ3v) is 5.47. The molecule has 1 saturated heterocycles. The van der Waals surface area contributed by atoms with E-state index >= 15 is 0 Å². The van der Waals surface area contributed by atoms with Crippen molar-refractivity contribution in [1.29, 1.82) is 0 Å². The van der Waals surface area contributed by atoms with Crippen LogP contribution >= 0.6 is 11.6 Å². The molecule has 4 nitrogen and oxygen atoms in total. The summed E-state index contributed by atoms with van der Waals surface area (Å²) in [6, 6.07) is 13.5. The first-order valence-electron chi connectivity index (χ1n) is 9.47. The van der Waals surface area contributed by atoms with Gasteiger partial charge in [-0.15, -0.1) is 0 Å². The van der Waals surface area contributed by atoms with Gasteiger partial charge in [-0.05, 0) is 61.6 Å². The molecule has 2 aromatic rings. The second-order valence-electron chi connectivity index (χ2n) is 7.33. The van der Waals surface area contributed by atoms with Gasteiger partial charge in [0.15, 0.2) is 0 Å². The molecule has 27 heavy (non-hydrogen) atoms. The van der Waals surface area contributed by atoms with E-state index in [0.29, 0.717) is 16.3 Å². The summed E-state index contributed by atoms with van der Waals surface area (Å²) in [5.74, 6) is 1.15. The Kier molecular flexibility index (Phi) is 6.27. The monoisotopic (exact) mass is 386 g/mol. The van der Waals surface area contributed by atoms with Crippen LogP contribution in [-0.4, -0.2) is 26.1 Å². The minimum Gasteiger partial charge on any atom is -0.495 e. The summed E-state index contributed by atoms with van der Waals surface area (Å²) in [4.78, 5) is 15.0. The predicted molar refractivity (Wildman–Crippen MR) is 111 cm³/mol. The first-order chi connectivity index (χ1) is 13.0. The second kappa shape index (κ2) is 8.66. The van der Waals surface area contributed by atoms with Crippen molar-refractivity contribution in [3.05, 3.63) is 58.6 Å². The number of halogens is 1. The van der Waals surface area contributed by atoms with E-state index in [1.807, 2.05) is 6.92 Å². The molecule has 0 saturated carbocycles. The molecule has 1 aliphatic heterocycles. The van der Waals surface area contributed by atoms with Crippen LogP contribution in [0.3, 0.4) is 0 Å². The normalized spacial score (nSPS) is 18.1. The molecule has 5 heteroatoms. The van der Waals surface area contributed by atoms with Gasteiger partial charge < -0.3 is 15.0 Å². The predicted octanol–water partition coefficient (Wildman–Crippen LogP) is 5.08. The van der Waals surface area contributed by atoms with E-state index in [1.165, 1.54) is 18.5 Å². The van der Waals surface area contributed by atoms with Crippen molar-refractivity contribution >= 4 is 23.2 Å². The van der Waals surface area contributed by atoms with E-state index in [-0.39, 0.29) is 11.9 Å². The zero-order chi connectivity index (χ0) is 19.4. The van der Waals surface area contributed by atoms with Gasteiger partial charge in [0.25, 0.3) is 5.91 Å². The van der Waals surface area contributed by atoms with Crippen LogP contribution in [0.25, 0.3) is 0 Å². The topological polar surface area (TPSA) is 41.6 Å². The molecule has 0 bridgehead atoms. The van der Waals surface area contributed by atoms with Crippen molar-refractivity contribution in [3.8, 4) is 5.75 Å². The van der Waals surface area contributed by atoms with E-state index < -0.39 is 0 Å². The van der Waals surface area contributed by atoms with Gasteiger partial charge in [0.05, 0.1) is 18.2 Å². The second-order valence-corrected chi connectivity index (χ2v) is 7.74. The van der Waals surface area contributed by atoms with Crippen molar-refractivity contribution in [1.82, 2.24) is 5.32 Å². The third kappa shape index (κ3) is 4.75. The third-order valence-electron chi connectivity index (χ3n) is 5.18. The van der Waals surface area contributed by atoms with Gasteiger partial charge in [-0.2, -0.15) is 0 Å². The minimum absolute atomic E-state index is 0.0901. The van der Waals surface area contributed by atoms with E-state index in [9.17, 15) is 4.79 Å². The van der Waals surface area contributed by atoms with Gasteiger partial charge in [-0.25, -0.2) is 0 Å². The van der Waals surface area contributed by atoms with Crippen LogP contribution in [0.2, 0.25) is 5.02 Å². The Labute approximate surface area is 166 Å². The number of amides is 1. The van der Waals surface area contributed by atoms with Crippen molar-refractivity contribution < 1.29 is 9.53 Å². The Morgan fingerprint density at radius 2 is 2.00 bits per heavy atom. The summed E-state index contributed by atoms with van der Waals surface area (Å²) < 4.78 is 5.13. The molecule has 0 aromatic heterocycles. The van der Waals surface area contributed by atoms with E-state index in [2.05, 4.69) is 41.4 Å². The Morgan fingerprint density at radius 1 is 1.26 bits per heavy atom. The molecular formula is C22H27ClN2O2. The number of anilines is 1. The molecule has 2 unspecified atom stereocenters. The number of nitrogens with one attached hydrogen (secondary N) is 1. The number of piperidine rings is 1. The molecule has 2 atom stereocenters. The maximum absolute atomic E-state index is 12.5. The smallest absolute Gasteiger partial charge is 0.251 e. The molecule has 1 aliphatic rings. The number of carbonyl (C=O) groups excluding carboxylic acids is 1. The van der Waals surface area contributed by atoms with Crippen LogP contribution in [0, 0.1) is 5.92 Å². The molecule has 1 amide bonds. The highest BCUT2D eigenvalue weighted by molar-refractivity contribution is 6.32. The Hall–Kier alpha value is -2.20. The number of ether oxygens (including phenoxy) is 1. The average Bonchev–Trinajstić information content (AvgIpc) is 2.68. The first kappa shape index (κ1) is 19.6.